The van der Waals surface area contributed by atoms with Gasteiger partial charge in [-0.1, -0.05) is 0 Å². The normalized spacial score (nSPS) is 27.9. The predicted octanol–water partition coefficient (Wildman–Crippen LogP) is 3.71. The Morgan fingerprint density at radius 1 is 0.647 bits per heavy atom. The molecule has 0 heterocycles. The number of hydrogen-bond donors (Lipinski definition) is 2. The second-order valence-electron chi connectivity index (χ2n) is 11.6. The zero-order valence-corrected chi connectivity index (χ0v) is 22.2. The van der Waals surface area contributed by atoms with Crippen LogP contribution in [0.4, 0.5) is 9.59 Å². The third-order valence-corrected chi connectivity index (χ3v) is 5.59. The highest BCUT2D eigenvalue weighted by atomic mass is 16.6. The van der Waals surface area contributed by atoms with Gasteiger partial charge < -0.3 is 29.6 Å². The SMILES string of the molecule is COC(=O)C1(C)CC(NC(=O)OC(C)(C)C)C1.COC(=O)C1(C)CC(NC(=O)OC(C)(C)C)C1. The van der Waals surface area contributed by atoms with Crippen LogP contribution in [0.5, 0.6) is 0 Å². The smallest absolute Gasteiger partial charge is 0.407 e. The Labute approximate surface area is 202 Å². The molecule has 2 saturated carbocycles. The Kier molecular flexibility index (Phi) is 9.39. The zero-order chi connectivity index (χ0) is 26.5. The molecule has 0 radical (unpaired) electrons. The summed E-state index contributed by atoms with van der Waals surface area (Å²) < 4.78 is 19.7. The highest BCUT2D eigenvalue weighted by Crippen LogP contribution is 2.42. The minimum Gasteiger partial charge on any atom is -0.469 e. The van der Waals surface area contributed by atoms with Gasteiger partial charge in [0.1, 0.15) is 11.2 Å². The molecule has 2 amide bonds. The largest absolute Gasteiger partial charge is 0.469 e. The maximum Gasteiger partial charge on any atom is 0.407 e. The molecular weight excluding hydrogens is 444 g/mol. The van der Waals surface area contributed by atoms with Gasteiger partial charge in [0.05, 0.1) is 25.0 Å². The number of carbonyl (C=O) groups excluding carboxylic acids is 4. The molecule has 10 nitrogen and oxygen atoms in total. The van der Waals surface area contributed by atoms with Crippen molar-refractivity contribution in [3.8, 4) is 0 Å². The van der Waals surface area contributed by atoms with Crippen molar-refractivity contribution in [3.63, 3.8) is 0 Å². The molecule has 2 rings (SSSR count). The number of carbonyl (C=O) groups is 4. The summed E-state index contributed by atoms with van der Waals surface area (Å²) in [6.45, 7) is 14.5. The number of hydrogen-bond acceptors (Lipinski definition) is 8. The molecule has 0 aromatic rings. The van der Waals surface area contributed by atoms with Gasteiger partial charge >= 0.3 is 24.1 Å². The van der Waals surface area contributed by atoms with Crippen molar-refractivity contribution in [1.82, 2.24) is 10.6 Å². The van der Waals surface area contributed by atoms with E-state index in [0.717, 1.165) is 0 Å². The van der Waals surface area contributed by atoms with Gasteiger partial charge in [0.25, 0.3) is 0 Å². The van der Waals surface area contributed by atoms with Gasteiger partial charge in [-0.3, -0.25) is 9.59 Å². The van der Waals surface area contributed by atoms with Gasteiger partial charge in [-0.2, -0.15) is 0 Å². The minimum atomic E-state index is -0.501. The van der Waals surface area contributed by atoms with Gasteiger partial charge in [0.15, 0.2) is 0 Å². The number of nitrogens with one attached hydrogen (secondary N) is 2. The molecule has 0 aromatic heterocycles. The van der Waals surface area contributed by atoms with E-state index < -0.39 is 34.2 Å². The van der Waals surface area contributed by atoms with Crippen LogP contribution in [0.25, 0.3) is 0 Å². The van der Waals surface area contributed by atoms with E-state index in [2.05, 4.69) is 10.6 Å². The number of ether oxygens (including phenoxy) is 4. The fourth-order valence-corrected chi connectivity index (χ4v) is 4.03. The molecule has 0 saturated heterocycles. The molecule has 2 N–H and O–H groups in total. The van der Waals surface area contributed by atoms with Crippen LogP contribution in [0.3, 0.4) is 0 Å². The molecule has 0 aromatic carbocycles. The fraction of sp³-hybridized carbons (Fsp3) is 0.833. The lowest BCUT2D eigenvalue weighted by Gasteiger charge is -2.42. The molecule has 0 bridgehead atoms. The van der Waals surface area contributed by atoms with E-state index in [1.54, 1.807) is 0 Å². The summed E-state index contributed by atoms with van der Waals surface area (Å²) in [5.74, 6) is -0.445. The van der Waals surface area contributed by atoms with E-state index in [-0.39, 0.29) is 24.0 Å². The maximum absolute atomic E-state index is 11.5. The first kappa shape index (κ1) is 29.5. The molecule has 196 valence electrons. The zero-order valence-electron chi connectivity index (χ0n) is 22.2. The van der Waals surface area contributed by atoms with Crippen molar-refractivity contribution in [2.45, 2.75) is 104 Å². The van der Waals surface area contributed by atoms with E-state index in [0.29, 0.717) is 25.7 Å². The maximum atomic E-state index is 11.5. The number of amides is 2. The van der Waals surface area contributed by atoms with Crippen LogP contribution in [0.1, 0.15) is 81.1 Å². The Morgan fingerprint density at radius 3 is 1.12 bits per heavy atom. The van der Waals surface area contributed by atoms with E-state index in [1.807, 2.05) is 55.4 Å². The lowest BCUT2D eigenvalue weighted by Crippen LogP contribution is -2.54. The van der Waals surface area contributed by atoms with Crippen molar-refractivity contribution in [3.05, 3.63) is 0 Å². The molecule has 0 atom stereocenters. The van der Waals surface area contributed by atoms with Crippen LogP contribution in [0.2, 0.25) is 0 Å². The van der Waals surface area contributed by atoms with Crippen molar-refractivity contribution < 1.29 is 38.1 Å². The Bertz CT molecular complexity index is 690. The Balaban J connectivity index is 0.000000340. The van der Waals surface area contributed by atoms with Gasteiger partial charge in [0, 0.05) is 12.1 Å². The Hall–Kier alpha value is -2.52. The minimum absolute atomic E-state index is 0.00560. The van der Waals surface area contributed by atoms with Gasteiger partial charge in [-0.05, 0) is 81.1 Å². The Morgan fingerprint density at radius 2 is 0.912 bits per heavy atom. The quantitative estimate of drug-likeness (QED) is 0.454. The molecule has 10 heteroatoms. The van der Waals surface area contributed by atoms with Crippen molar-refractivity contribution in [2.75, 3.05) is 14.2 Å². The summed E-state index contributed by atoms with van der Waals surface area (Å²) in [6, 6.07) is -0.0112. The highest BCUT2D eigenvalue weighted by molar-refractivity contribution is 5.79. The van der Waals surface area contributed by atoms with E-state index in [1.165, 1.54) is 14.2 Å². The lowest BCUT2D eigenvalue weighted by atomic mass is 9.67. The summed E-state index contributed by atoms with van der Waals surface area (Å²) in [5, 5.41) is 5.48. The lowest BCUT2D eigenvalue weighted by molar-refractivity contribution is -0.159. The van der Waals surface area contributed by atoms with Crippen molar-refractivity contribution in [2.24, 2.45) is 10.8 Å². The second-order valence-corrected chi connectivity index (χ2v) is 11.6. The van der Waals surface area contributed by atoms with Crippen LogP contribution in [0.15, 0.2) is 0 Å². The first-order chi connectivity index (χ1) is 15.3. The summed E-state index contributed by atoms with van der Waals surface area (Å²) in [5.41, 5.74) is -1.93. The van der Waals surface area contributed by atoms with Crippen LogP contribution >= 0.6 is 0 Å². The number of methoxy groups -OCH3 is 2. The standard InChI is InChI=1S/2C12H21NO4/c2*1-11(2,3)17-10(15)13-8-6-12(4,7-8)9(14)16-5/h2*8H,6-7H2,1-5H3,(H,13,15). The molecule has 34 heavy (non-hydrogen) atoms. The summed E-state index contributed by atoms with van der Waals surface area (Å²) in [4.78, 5) is 45.7. The molecule has 0 unspecified atom stereocenters. The fourth-order valence-electron chi connectivity index (χ4n) is 4.03. The highest BCUT2D eigenvalue weighted by Gasteiger charge is 2.49. The molecule has 0 spiro atoms. The van der Waals surface area contributed by atoms with E-state index >= 15 is 0 Å². The molecular formula is C24H42N2O8. The number of rotatable bonds is 4. The average Bonchev–Trinajstić information content (AvgIpc) is 2.61. The summed E-state index contributed by atoms with van der Waals surface area (Å²) >= 11 is 0. The first-order valence-electron chi connectivity index (χ1n) is 11.5. The number of esters is 2. The van der Waals surface area contributed by atoms with Crippen LogP contribution in [-0.4, -0.2) is 61.6 Å². The third kappa shape index (κ3) is 9.02. The topological polar surface area (TPSA) is 129 Å². The molecule has 2 aliphatic rings. The monoisotopic (exact) mass is 486 g/mol. The number of alkyl carbamates (subject to hydrolysis) is 2. The van der Waals surface area contributed by atoms with Gasteiger partial charge in [0.2, 0.25) is 0 Å². The van der Waals surface area contributed by atoms with Crippen LogP contribution in [-0.2, 0) is 28.5 Å². The first-order valence-corrected chi connectivity index (χ1v) is 11.5. The third-order valence-electron chi connectivity index (χ3n) is 5.59. The summed E-state index contributed by atoms with van der Waals surface area (Å²) in [6.07, 6.45) is 1.51. The molecule has 2 aliphatic carbocycles. The van der Waals surface area contributed by atoms with Gasteiger partial charge in [-0.25, -0.2) is 9.59 Å². The molecule has 0 aliphatic heterocycles. The van der Waals surface area contributed by atoms with Crippen LogP contribution < -0.4 is 10.6 Å². The predicted molar refractivity (Wildman–Crippen MR) is 125 cm³/mol. The summed E-state index contributed by atoms with van der Waals surface area (Å²) in [7, 11) is 2.75. The van der Waals surface area contributed by atoms with E-state index in [4.69, 9.17) is 18.9 Å². The average molecular weight is 487 g/mol. The van der Waals surface area contributed by atoms with Crippen LogP contribution in [0, 0.1) is 10.8 Å². The molecule has 2 fully saturated rings. The van der Waals surface area contributed by atoms with E-state index in [9.17, 15) is 19.2 Å². The van der Waals surface area contributed by atoms with Gasteiger partial charge in [-0.15, -0.1) is 0 Å². The van der Waals surface area contributed by atoms with Crippen molar-refractivity contribution >= 4 is 24.1 Å². The van der Waals surface area contributed by atoms with Crippen molar-refractivity contribution in [1.29, 1.82) is 0 Å². The second kappa shape index (κ2) is 10.8.